The summed E-state index contributed by atoms with van der Waals surface area (Å²) in [4.78, 5) is 5.50. The van der Waals surface area contributed by atoms with E-state index in [4.69, 9.17) is 0 Å². The molecule has 1 rings (SSSR count). The van der Waals surface area contributed by atoms with Crippen LogP contribution in [0.2, 0.25) is 0 Å². The minimum Gasteiger partial charge on any atom is -0.356 e. The van der Waals surface area contributed by atoms with Crippen molar-refractivity contribution >= 4 is 5.96 Å². The van der Waals surface area contributed by atoms with Crippen LogP contribution in [-0.2, 0) is 0 Å². The van der Waals surface area contributed by atoms with Crippen molar-refractivity contribution in [1.29, 1.82) is 0 Å². The van der Waals surface area contributed by atoms with Gasteiger partial charge in [0.1, 0.15) is 0 Å². The van der Waals surface area contributed by atoms with Crippen LogP contribution < -0.4 is 10.6 Å². The molecular formula is C12H23F3N4. The Bertz CT molecular complexity index is 291. The fraction of sp³-hybridized carbons (Fsp3) is 0.917. The number of rotatable bonds is 5. The molecule has 0 aromatic rings. The second-order valence-electron chi connectivity index (χ2n) is 4.83. The first kappa shape index (κ1) is 16.1. The van der Waals surface area contributed by atoms with Crippen molar-refractivity contribution in [2.24, 2.45) is 4.99 Å². The molecule has 0 amide bonds. The Labute approximate surface area is 112 Å². The third-order valence-corrected chi connectivity index (χ3v) is 3.06. The number of nitrogens with zero attached hydrogens (tertiary/aromatic N) is 2. The highest BCUT2D eigenvalue weighted by atomic mass is 19.4. The van der Waals surface area contributed by atoms with E-state index in [2.05, 4.69) is 22.5 Å². The number of halogens is 3. The zero-order chi connectivity index (χ0) is 14.3. The Morgan fingerprint density at radius 2 is 2.16 bits per heavy atom. The lowest BCUT2D eigenvalue weighted by Crippen LogP contribution is -2.45. The van der Waals surface area contributed by atoms with E-state index in [9.17, 15) is 13.2 Å². The monoisotopic (exact) mass is 280 g/mol. The fourth-order valence-electron chi connectivity index (χ4n) is 2.12. The molecule has 4 nitrogen and oxygen atoms in total. The molecule has 0 aromatic heterocycles. The van der Waals surface area contributed by atoms with E-state index in [1.54, 1.807) is 7.05 Å². The van der Waals surface area contributed by atoms with E-state index >= 15 is 0 Å². The summed E-state index contributed by atoms with van der Waals surface area (Å²) in [6.45, 7) is 2.99. The third kappa shape index (κ3) is 6.66. The van der Waals surface area contributed by atoms with Gasteiger partial charge >= 0.3 is 6.18 Å². The van der Waals surface area contributed by atoms with Gasteiger partial charge in [-0.05, 0) is 12.8 Å². The van der Waals surface area contributed by atoms with Crippen molar-refractivity contribution in [3.05, 3.63) is 0 Å². The summed E-state index contributed by atoms with van der Waals surface area (Å²) in [6, 6.07) is 0.0372. The smallest absolute Gasteiger partial charge is 0.356 e. The SMILES string of the molecule is CCCCNC(=NC)NC1CCN(CC(F)(F)F)C1. The lowest BCUT2D eigenvalue weighted by molar-refractivity contribution is -0.143. The average molecular weight is 280 g/mol. The molecule has 0 saturated carbocycles. The lowest BCUT2D eigenvalue weighted by Gasteiger charge is -2.19. The third-order valence-electron chi connectivity index (χ3n) is 3.06. The van der Waals surface area contributed by atoms with Gasteiger partial charge in [-0.15, -0.1) is 0 Å². The summed E-state index contributed by atoms with van der Waals surface area (Å²) in [6.07, 6.45) is -1.27. The fourth-order valence-corrected chi connectivity index (χ4v) is 2.12. The maximum atomic E-state index is 12.3. The predicted molar refractivity (Wildman–Crippen MR) is 70.3 cm³/mol. The van der Waals surface area contributed by atoms with Gasteiger partial charge in [0, 0.05) is 32.7 Å². The molecule has 7 heteroatoms. The first-order chi connectivity index (χ1) is 8.94. The summed E-state index contributed by atoms with van der Waals surface area (Å²) in [5.41, 5.74) is 0. The molecule has 1 saturated heterocycles. The first-order valence-corrected chi connectivity index (χ1v) is 6.71. The van der Waals surface area contributed by atoms with Crippen LogP contribution in [0.4, 0.5) is 13.2 Å². The number of likely N-dealkylation sites (tertiary alicyclic amines) is 1. The largest absolute Gasteiger partial charge is 0.401 e. The van der Waals surface area contributed by atoms with Crippen LogP contribution in [-0.4, -0.2) is 56.3 Å². The van der Waals surface area contributed by atoms with Crippen LogP contribution in [0.15, 0.2) is 4.99 Å². The quantitative estimate of drug-likeness (QED) is 0.456. The van der Waals surface area contributed by atoms with E-state index in [0.29, 0.717) is 25.5 Å². The van der Waals surface area contributed by atoms with E-state index < -0.39 is 12.7 Å². The van der Waals surface area contributed by atoms with Gasteiger partial charge in [0.25, 0.3) is 0 Å². The van der Waals surface area contributed by atoms with Gasteiger partial charge in [0.2, 0.25) is 0 Å². The molecule has 19 heavy (non-hydrogen) atoms. The predicted octanol–water partition coefficient (Wildman–Crippen LogP) is 1.59. The minimum absolute atomic E-state index is 0.0372. The van der Waals surface area contributed by atoms with Crippen molar-refractivity contribution in [1.82, 2.24) is 15.5 Å². The van der Waals surface area contributed by atoms with E-state index in [0.717, 1.165) is 19.4 Å². The van der Waals surface area contributed by atoms with Crippen molar-refractivity contribution in [3.63, 3.8) is 0 Å². The normalized spacial score (nSPS) is 21.7. The van der Waals surface area contributed by atoms with E-state index in [1.165, 1.54) is 4.90 Å². The Morgan fingerprint density at radius 3 is 2.74 bits per heavy atom. The molecule has 112 valence electrons. The average Bonchev–Trinajstić information content (AvgIpc) is 2.73. The van der Waals surface area contributed by atoms with Gasteiger partial charge in [-0.2, -0.15) is 13.2 Å². The number of nitrogens with one attached hydrogen (secondary N) is 2. The molecule has 1 aliphatic heterocycles. The Balaban J connectivity index is 2.30. The molecule has 1 unspecified atom stereocenters. The molecule has 0 bridgehead atoms. The van der Waals surface area contributed by atoms with Gasteiger partial charge in [0.05, 0.1) is 6.54 Å². The molecule has 0 aliphatic carbocycles. The number of unbranched alkanes of at least 4 members (excludes halogenated alkanes) is 1. The minimum atomic E-state index is -4.12. The summed E-state index contributed by atoms with van der Waals surface area (Å²) in [7, 11) is 1.67. The van der Waals surface area contributed by atoms with Crippen molar-refractivity contribution in [2.45, 2.75) is 38.4 Å². The zero-order valence-corrected chi connectivity index (χ0v) is 11.6. The van der Waals surface area contributed by atoms with Gasteiger partial charge in [-0.3, -0.25) is 9.89 Å². The van der Waals surface area contributed by atoms with Crippen LogP contribution in [0, 0.1) is 0 Å². The van der Waals surface area contributed by atoms with Crippen LogP contribution >= 0.6 is 0 Å². The van der Waals surface area contributed by atoms with Crippen LogP contribution in [0.3, 0.4) is 0 Å². The van der Waals surface area contributed by atoms with Gasteiger partial charge in [-0.25, -0.2) is 0 Å². The first-order valence-electron chi connectivity index (χ1n) is 6.71. The van der Waals surface area contributed by atoms with E-state index in [1.807, 2.05) is 0 Å². The van der Waals surface area contributed by atoms with Crippen molar-refractivity contribution in [3.8, 4) is 0 Å². The number of aliphatic imine (C=N–C) groups is 1. The summed E-state index contributed by atoms with van der Waals surface area (Å²) < 4.78 is 36.8. The summed E-state index contributed by atoms with van der Waals surface area (Å²) >= 11 is 0. The summed E-state index contributed by atoms with van der Waals surface area (Å²) in [5, 5.41) is 6.33. The van der Waals surface area contributed by atoms with Crippen LogP contribution in [0.5, 0.6) is 0 Å². The molecule has 1 aliphatic rings. The topological polar surface area (TPSA) is 39.7 Å². The maximum Gasteiger partial charge on any atom is 0.401 e. The molecular weight excluding hydrogens is 257 g/mol. The van der Waals surface area contributed by atoms with E-state index in [-0.39, 0.29) is 6.04 Å². The van der Waals surface area contributed by atoms with Gasteiger partial charge in [0.15, 0.2) is 5.96 Å². The molecule has 1 fully saturated rings. The molecule has 0 radical (unpaired) electrons. The van der Waals surface area contributed by atoms with Crippen molar-refractivity contribution < 1.29 is 13.2 Å². The zero-order valence-electron chi connectivity index (χ0n) is 11.6. The number of hydrogen-bond acceptors (Lipinski definition) is 2. The highest BCUT2D eigenvalue weighted by Crippen LogP contribution is 2.19. The molecule has 1 atom stereocenters. The van der Waals surface area contributed by atoms with Crippen LogP contribution in [0.25, 0.3) is 0 Å². The second-order valence-corrected chi connectivity index (χ2v) is 4.83. The van der Waals surface area contributed by atoms with Gasteiger partial charge < -0.3 is 10.6 Å². The molecule has 0 aromatic carbocycles. The van der Waals surface area contributed by atoms with Gasteiger partial charge in [-0.1, -0.05) is 13.3 Å². The van der Waals surface area contributed by atoms with Crippen LogP contribution in [0.1, 0.15) is 26.2 Å². The standard InChI is InChI=1S/C12H23F3N4/c1-3-4-6-17-11(16-2)18-10-5-7-19(8-10)9-12(13,14)15/h10H,3-9H2,1-2H3,(H2,16,17,18). The second kappa shape index (κ2) is 7.57. The lowest BCUT2D eigenvalue weighted by atomic mass is 10.3. The maximum absolute atomic E-state index is 12.3. The van der Waals surface area contributed by atoms with Crippen molar-refractivity contribution in [2.75, 3.05) is 33.2 Å². The molecule has 2 N–H and O–H groups in total. The summed E-state index contributed by atoms with van der Waals surface area (Å²) in [5.74, 6) is 0.673. The number of guanidine groups is 1. The Morgan fingerprint density at radius 1 is 1.42 bits per heavy atom. The Hall–Kier alpha value is -0.980. The molecule has 1 heterocycles. The highest BCUT2D eigenvalue weighted by Gasteiger charge is 2.34. The number of hydrogen-bond donors (Lipinski definition) is 2. The Kier molecular flexibility index (Phi) is 6.41. The number of alkyl halides is 3. The molecule has 0 spiro atoms. The highest BCUT2D eigenvalue weighted by molar-refractivity contribution is 5.79.